The number of benzene rings is 6. The van der Waals surface area contributed by atoms with E-state index in [1.807, 2.05) is 11.3 Å². The highest BCUT2D eigenvalue weighted by atomic mass is 32.1. The van der Waals surface area contributed by atoms with Gasteiger partial charge in [-0.15, -0.1) is 11.3 Å². The van der Waals surface area contributed by atoms with Crippen LogP contribution in [0.3, 0.4) is 0 Å². The van der Waals surface area contributed by atoms with Crippen molar-refractivity contribution >= 4 is 77.7 Å². The summed E-state index contributed by atoms with van der Waals surface area (Å²) in [5.74, 6) is 0. The van der Waals surface area contributed by atoms with Crippen LogP contribution in [-0.4, -0.2) is 6.85 Å². The lowest BCUT2D eigenvalue weighted by Crippen LogP contribution is -2.62. The second-order valence-corrected chi connectivity index (χ2v) is 18.7. The molecule has 0 unspecified atom stereocenters. The van der Waals surface area contributed by atoms with Crippen LogP contribution in [0.25, 0.3) is 32.0 Å². The first-order valence-corrected chi connectivity index (χ1v) is 19.8. The monoisotopic (exact) mass is 690 g/mol. The lowest BCUT2D eigenvalue weighted by atomic mass is 9.45. The Balaban J connectivity index is 1.32. The number of hydrogen-bond donors (Lipinski definition) is 0. The van der Waals surface area contributed by atoms with Crippen molar-refractivity contribution in [2.24, 2.45) is 0 Å². The highest BCUT2D eigenvalue weighted by Crippen LogP contribution is 2.58. The van der Waals surface area contributed by atoms with Crippen molar-refractivity contribution in [3.63, 3.8) is 0 Å². The number of thiophene rings is 1. The maximum atomic E-state index is 2.74. The molecular formula is C48H43BN2S. The van der Waals surface area contributed by atoms with Crippen LogP contribution in [0.2, 0.25) is 0 Å². The fraction of sp³-hybridized carbons (Fsp3) is 0.250. The van der Waals surface area contributed by atoms with Crippen LogP contribution in [0.4, 0.5) is 28.4 Å². The van der Waals surface area contributed by atoms with Crippen molar-refractivity contribution in [3.05, 3.63) is 137 Å². The minimum absolute atomic E-state index is 0.0393. The van der Waals surface area contributed by atoms with Crippen molar-refractivity contribution in [1.29, 1.82) is 0 Å². The van der Waals surface area contributed by atoms with Crippen molar-refractivity contribution in [2.75, 3.05) is 9.71 Å². The molecule has 3 aliphatic heterocycles. The van der Waals surface area contributed by atoms with Crippen LogP contribution in [-0.2, 0) is 16.2 Å². The van der Waals surface area contributed by atoms with Crippen LogP contribution in [0.1, 0.15) is 82.2 Å². The Hall–Kier alpha value is -4.80. The molecule has 0 fully saturated rings. The molecule has 254 valence electrons. The van der Waals surface area contributed by atoms with E-state index in [1.165, 1.54) is 111 Å². The molecule has 2 nitrogen and oxygen atoms in total. The van der Waals surface area contributed by atoms with Gasteiger partial charge in [-0.2, -0.15) is 0 Å². The zero-order valence-corrected chi connectivity index (χ0v) is 32.0. The largest absolute Gasteiger partial charge is 0.375 e. The third kappa shape index (κ3) is 3.76. The number of nitrogens with zero attached hydrogens (tertiary/aromatic N) is 2. The summed E-state index contributed by atoms with van der Waals surface area (Å²) in [6.07, 6.45) is 2.41. The predicted molar refractivity (Wildman–Crippen MR) is 225 cm³/mol. The first-order chi connectivity index (χ1) is 25.0. The van der Waals surface area contributed by atoms with Crippen molar-refractivity contribution in [2.45, 2.75) is 77.6 Å². The van der Waals surface area contributed by atoms with Crippen molar-refractivity contribution in [1.82, 2.24) is 0 Å². The molecule has 11 rings (SSSR count). The molecule has 1 aliphatic carbocycles. The summed E-state index contributed by atoms with van der Waals surface area (Å²) in [4.78, 5) is 5.43. The molecule has 7 aromatic rings. The molecule has 0 radical (unpaired) electrons. The van der Waals surface area contributed by atoms with Crippen molar-refractivity contribution in [3.8, 4) is 11.1 Å². The summed E-state index contributed by atoms with van der Waals surface area (Å²) in [5, 5.41) is 3.97. The van der Waals surface area contributed by atoms with Gasteiger partial charge in [0.2, 0.25) is 0 Å². The van der Waals surface area contributed by atoms with Gasteiger partial charge in [-0.3, -0.25) is 0 Å². The minimum atomic E-state index is -0.131. The lowest BCUT2D eigenvalue weighted by molar-refractivity contribution is 0.332. The Morgan fingerprint density at radius 1 is 0.596 bits per heavy atom. The van der Waals surface area contributed by atoms with Gasteiger partial charge < -0.3 is 9.71 Å². The zero-order valence-electron chi connectivity index (χ0n) is 31.2. The predicted octanol–water partition coefficient (Wildman–Crippen LogP) is 12.1. The summed E-state index contributed by atoms with van der Waals surface area (Å²) in [6.45, 7) is 17.0. The Bertz CT molecular complexity index is 2710. The summed E-state index contributed by atoms with van der Waals surface area (Å²) in [5.41, 5.74) is 18.1. The van der Waals surface area contributed by atoms with E-state index in [-0.39, 0.29) is 23.1 Å². The minimum Gasteiger partial charge on any atom is -0.375 e. The normalized spacial score (nSPS) is 18.1. The number of fused-ring (bicyclic) bond motifs is 11. The van der Waals surface area contributed by atoms with Gasteiger partial charge in [0.25, 0.3) is 0 Å². The van der Waals surface area contributed by atoms with E-state index in [0.717, 1.165) is 0 Å². The molecule has 4 aliphatic rings. The molecule has 0 saturated carbocycles. The highest BCUT2D eigenvalue weighted by molar-refractivity contribution is 7.32. The molecule has 0 saturated heterocycles. The lowest BCUT2D eigenvalue weighted by Gasteiger charge is -2.51. The van der Waals surface area contributed by atoms with Gasteiger partial charge in [-0.1, -0.05) is 126 Å². The second kappa shape index (κ2) is 9.99. The maximum Gasteiger partial charge on any atom is 0.343 e. The molecule has 0 bridgehead atoms. The number of hydrogen-bond acceptors (Lipinski definition) is 3. The van der Waals surface area contributed by atoms with Crippen LogP contribution in [0.5, 0.6) is 0 Å². The zero-order chi connectivity index (χ0) is 35.5. The van der Waals surface area contributed by atoms with Gasteiger partial charge in [-0.05, 0) is 104 Å². The fourth-order valence-corrected chi connectivity index (χ4v) is 11.8. The first-order valence-electron chi connectivity index (χ1n) is 19.0. The van der Waals surface area contributed by atoms with Gasteiger partial charge in [-0.25, -0.2) is 0 Å². The molecule has 4 heterocycles. The van der Waals surface area contributed by atoms with Gasteiger partial charge in [0.15, 0.2) is 0 Å². The van der Waals surface area contributed by atoms with E-state index in [0.29, 0.717) is 0 Å². The summed E-state index contributed by atoms with van der Waals surface area (Å²) in [7, 11) is 0. The second-order valence-electron chi connectivity index (χ2n) is 17.6. The van der Waals surface area contributed by atoms with Crippen LogP contribution in [0.15, 0.2) is 109 Å². The Morgan fingerprint density at radius 3 is 2.08 bits per heavy atom. The number of anilines is 5. The van der Waals surface area contributed by atoms with E-state index in [1.54, 1.807) is 0 Å². The molecule has 0 atom stereocenters. The molecule has 1 aromatic heterocycles. The Morgan fingerprint density at radius 2 is 1.27 bits per heavy atom. The van der Waals surface area contributed by atoms with E-state index in [9.17, 15) is 0 Å². The van der Waals surface area contributed by atoms with Gasteiger partial charge >= 0.3 is 6.85 Å². The molecule has 0 N–H and O–H groups in total. The number of aryl methyl sites for hydroxylation is 1. The van der Waals surface area contributed by atoms with E-state index in [4.69, 9.17) is 0 Å². The third-order valence-corrected chi connectivity index (χ3v) is 14.6. The topological polar surface area (TPSA) is 6.48 Å². The molecule has 52 heavy (non-hydrogen) atoms. The molecule has 4 heteroatoms. The van der Waals surface area contributed by atoms with E-state index < -0.39 is 0 Å². The first kappa shape index (κ1) is 30.8. The number of rotatable bonds is 1. The van der Waals surface area contributed by atoms with E-state index >= 15 is 0 Å². The van der Waals surface area contributed by atoms with Crippen LogP contribution >= 0.6 is 11.3 Å². The summed E-state index contributed by atoms with van der Waals surface area (Å²) < 4.78 is 2.77. The van der Waals surface area contributed by atoms with Crippen molar-refractivity contribution < 1.29 is 0 Å². The van der Waals surface area contributed by atoms with E-state index in [2.05, 4.69) is 167 Å². The fourth-order valence-electron chi connectivity index (χ4n) is 10.5. The number of para-hydroxylation sites is 2. The third-order valence-electron chi connectivity index (χ3n) is 13.4. The smallest absolute Gasteiger partial charge is 0.343 e. The standard InChI is InChI=1S/C48H43BN2S/c1-28-25-35-36(47(4,5)24-23-46(35,2)3)27-38(28)50-39-26-29-15-8-9-16-30(29)41-32-18-14-20-34-43(32)51(37-21-12-11-19-33(37)48(34,6)7)49(42(39)41)45-44(50)31-17-10-13-22-40(31)52-45/h8-22,25-27H,23-24H2,1-7H3. The SMILES string of the molecule is Cc1cc2c(cc1N1c3cc4ccccc4c4c3B(c3sc5ccccc5c31)N1c3ccccc3C(C)(C)c3cccc-4c31)C(C)(C)CCC2(C)C. The summed E-state index contributed by atoms with van der Waals surface area (Å²) >= 11 is 1.99. The maximum absolute atomic E-state index is 2.74. The average molecular weight is 691 g/mol. The Labute approximate surface area is 311 Å². The summed E-state index contributed by atoms with van der Waals surface area (Å²) in [6, 6.07) is 42.2. The van der Waals surface area contributed by atoms with Crippen LogP contribution in [0, 0.1) is 6.92 Å². The molecule has 0 amide bonds. The Kier molecular flexibility index (Phi) is 5.92. The van der Waals surface area contributed by atoms with Gasteiger partial charge in [0, 0.05) is 48.6 Å². The molecular weight excluding hydrogens is 647 g/mol. The quantitative estimate of drug-likeness (QED) is 0.158. The highest BCUT2D eigenvalue weighted by Gasteiger charge is 2.52. The van der Waals surface area contributed by atoms with Gasteiger partial charge in [0.1, 0.15) is 0 Å². The average Bonchev–Trinajstić information content (AvgIpc) is 3.52. The molecule has 0 spiro atoms. The molecule has 6 aromatic carbocycles. The van der Waals surface area contributed by atoms with Crippen LogP contribution < -0.4 is 20.0 Å². The van der Waals surface area contributed by atoms with Gasteiger partial charge in [0.05, 0.1) is 5.69 Å².